The third kappa shape index (κ3) is 5.15. The van der Waals surface area contributed by atoms with E-state index in [1.54, 1.807) is 60.0 Å². The van der Waals surface area contributed by atoms with Gasteiger partial charge in [0.05, 0.1) is 12.1 Å². The first-order valence-electron chi connectivity index (χ1n) is 10.2. The largest absolute Gasteiger partial charge is 0.485 e. The smallest absolute Gasteiger partial charge is 0.307 e. The number of carboxylic acids is 1. The second kappa shape index (κ2) is 9.82. The van der Waals surface area contributed by atoms with Crippen molar-refractivity contribution in [2.45, 2.75) is 18.9 Å². The minimum Gasteiger partial charge on any atom is -0.485 e. The number of amides is 1. The molecule has 32 heavy (non-hydrogen) atoms. The Kier molecular flexibility index (Phi) is 6.49. The van der Waals surface area contributed by atoms with Crippen LogP contribution in [0.25, 0.3) is 0 Å². The molecule has 10 heteroatoms. The summed E-state index contributed by atoms with van der Waals surface area (Å²) >= 11 is 0. The van der Waals surface area contributed by atoms with E-state index < -0.39 is 12.1 Å². The number of ether oxygens (including phenoxy) is 2. The maximum absolute atomic E-state index is 12.4. The van der Waals surface area contributed by atoms with Gasteiger partial charge in [-0.2, -0.15) is 0 Å². The van der Waals surface area contributed by atoms with E-state index in [9.17, 15) is 14.7 Å². The Balaban J connectivity index is 1.44. The number of fused-ring (bicyclic) bond motifs is 1. The molecule has 1 aliphatic rings. The average Bonchev–Trinajstić information content (AvgIpc) is 3.31. The number of aromatic amines is 1. The number of aromatic nitrogens is 3. The molecule has 1 atom stereocenters. The van der Waals surface area contributed by atoms with E-state index in [0.717, 1.165) is 0 Å². The number of aliphatic carboxylic acids is 1. The number of carbonyl (C=O) groups is 2. The fraction of sp³-hybridized carbons (Fsp3) is 0.273. The Morgan fingerprint density at radius 2 is 2.25 bits per heavy atom. The van der Waals surface area contributed by atoms with Gasteiger partial charge in [-0.1, -0.05) is 6.07 Å². The lowest BCUT2D eigenvalue weighted by molar-refractivity contribution is -0.139. The highest BCUT2D eigenvalue weighted by atomic mass is 16.5. The van der Waals surface area contributed by atoms with Crippen molar-refractivity contribution in [1.82, 2.24) is 15.0 Å². The summed E-state index contributed by atoms with van der Waals surface area (Å²) in [7, 11) is 0. The number of carbonyl (C=O) groups excluding carboxylic acids is 1. The number of nitrogens with zero attached hydrogens (tertiary/aromatic N) is 3. The Bertz CT molecular complexity index is 1060. The number of rotatable bonds is 10. The number of pyridine rings is 1. The van der Waals surface area contributed by atoms with Crippen LogP contribution < -0.4 is 19.7 Å². The van der Waals surface area contributed by atoms with Gasteiger partial charge in [0.15, 0.2) is 12.6 Å². The Morgan fingerprint density at radius 3 is 3.00 bits per heavy atom. The van der Waals surface area contributed by atoms with E-state index in [1.807, 2.05) is 0 Å². The minimum atomic E-state index is -0.979. The first-order chi connectivity index (χ1) is 15.6. The average molecular weight is 437 g/mol. The zero-order valence-electron chi connectivity index (χ0n) is 17.2. The number of imidazole rings is 1. The molecule has 1 unspecified atom stereocenters. The zero-order chi connectivity index (χ0) is 22.3. The zero-order valence-corrected chi connectivity index (χ0v) is 17.2. The van der Waals surface area contributed by atoms with E-state index in [2.05, 4.69) is 20.3 Å². The number of hydrogen-bond donors (Lipinski definition) is 3. The van der Waals surface area contributed by atoms with Gasteiger partial charge in [0.1, 0.15) is 17.6 Å². The minimum absolute atomic E-state index is 0.0662. The van der Waals surface area contributed by atoms with E-state index >= 15 is 0 Å². The fourth-order valence-corrected chi connectivity index (χ4v) is 3.43. The molecule has 0 radical (unpaired) electrons. The van der Waals surface area contributed by atoms with Crippen LogP contribution in [0.2, 0.25) is 0 Å². The molecule has 166 valence electrons. The summed E-state index contributed by atoms with van der Waals surface area (Å²) in [5.74, 6) is 0.551. The summed E-state index contributed by atoms with van der Waals surface area (Å²) in [5, 5.41) is 12.4. The van der Waals surface area contributed by atoms with Crippen molar-refractivity contribution < 1.29 is 24.2 Å². The number of H-pyrrole nitrogens is 1. The van der Waals surface area contributed by atoms with Gasteiger partial charge in [0, 0.05) is 49.5 Å². The van der Waals surface area contributed by atoms with E-state index in [0.29, 0.717) is 48.2 Å². The van der Waals surface area contributed by atoms with Gasteiger partial charge >= 0.3 is 5.97 Å². The van der Waals surface area contributed by atoms with Gasteiger partial charge in [-0.3, -0.25) is 14.6 Å². The molecule has 1 aliphatic heterocycles. The predicted molar refractivity (Wildman–Crippen MR) is 116 cm³/mol. The summed E-state index contributed by atoms with van der Waals surface area (Å²) in [6.07, 6.45) is 6.40. The lowest BCUT2D eigenvalue weighted by Gasteiger charge is -2.30. The van der Waals surface area contributed by atoms with Crippen LogP contribution in [0.3, 0.4) is 0 Å². The Hall–Kier alpha value is -4.08. The molecule has 0 saturated heterocycles. The van der Waals surface area contributed by atoms with Crippen LogP contribution in [0, 0.1) is 0 Å². The number of carboxylic acid groups (broad SMARTS) is 1. The third-order valence-electron chi connectivity index (χ3n) is 4.92. The van der Waals surface area contributed by atoms with E-state index in [4.69, 9.17) is 9.47 Å². The fourth-order valence-electron chi connectivity index (χ4n) is 3.43. The third-order valence-corrected chi connectivity index (χ3v) is 4.92. The van der Waals surface area contributed by atoms with Gasteiger partial charge in [-0.05, 0) is 24.6 Å². The van der Waals surface area contributed by atoms with Crippen molar-refractivity contribution in [3.63, 3.8) is 0 Å². The maximum Gasteiger partial charge on any atom is 0.307 e. The topological polar surface area (TPSA) is 130 Å². The van der Waals surface area contributed by atoms with Crippen LogP contribution in [-0.2, 0) is 9.59 Å². The second-order valence-electron chi connectivity index (χ2n) is 7.17. The quantitative estimate of drug-likeness (QED) is 0.413. The first-order valence-corrected chi connectivity index (χ1v) is 10.2. The van der Waals surface area contributed by atoms with Gasteiger partial charge in [0.25, 0.3) is 5.91 Å². The summed E-state index contributed by atoms with van der Waals surface area (Å²) in [5.41, 5.74) is 1.32. The summed E-state index contributed by atoms with van der Waals surface area (Å²) in [4.78, 5) is 36.5. The second-order valence-corrected chi connectivity index (χ2v) is 7.17. The summed E-state index contributed by atoms with van der Waals surface area (Å²) in [6.45, 7) is 1.10. The highest BCUT2D eigenvalue weighted by Crippen LogP contribution is 2.37. The predicted octanol–water partition coefficient (Wildman–Crippen LogP) is 2.63. The van der Waals surface area contributed by atoms with E-state index in [1.165, 1.54) is 0 Å². The van der Waals surface area contributed by atoms with E-state index in [-0.39, 0.29) is 18.9 Å². The first kappa shape index (κ1) is 21.2. The molecule has 3 N–H and O–H groups in total. The molecule has 10 nitrogen and oxygen atoms in total. The molecule has 1 amide bonds. The number of benzene rings is 1. The van der Waals surface area contributed by atoms with Crippen LogP contribution >= 0.6 is 0 Å². The SMILES string of the molecule is O=C(O)CC(Oc1ccc2c(c1)OCC(=O)N2CCCNc1ncc[nH]1)c1cccnc1. The lowest BCUT2D eigenvalue weighted by atomic mass is 10.1. The molecule has 0 bridgehead atoms. The molecule has 0 spiro atoms. The van der Waals surface area contributed by atoms with Crippen molar-refractivity contribution in [2.24, 2.45) is 0 Å². The molecule has 1 aromatic carbocycles. The standard InChI is InChI=1S/C22H23N5O5/c28-20-14-31-19-11-16(32-18(12-21(29)30)15-3-1-6-23-13-15)4-5-17(19)27(20)10-2-7-24-22-25-8-9-26-22/h1,3-6,8-9,11,13,18H,2,7,10,12,14H2,(H,29,30)(H2,24,25,26). The van der Waals surface area contributed by atoms with Crippen molar-refractivity contribution in [3.05, 3.63) is 60.7 Å². The molecule has 0 saturated carbocycles. The monoisotopic (exact) mass is 437 g/mol. The number of anilines is 2. The number of hydrogen-bond acceptors (Lipinski definition) is 7. The molecule has 4 rings (SSSR count). The van der Waals surface area contributed by atoms with Crippen LogP contribution in [0.1, 0.15) is 24.5 Å². The van der Waals surface area contributed by atoms with Crippen molar-refractivity contribution in [2.75, 3.05) is 29.9 Å². The molecular formula is C22H23N5O5. The van der Waals surface area contributed by atoms with Gasteiger partial charge in [0.2, 0.25) is 0 Å². The summed E-state index contributed by atoms with van der Waals surface area (Å²) < 4.78 is 11.6. The maximum atomic E-state index is 12.4. The molecule has 3 aromatic rings. The highest BCUT2D eigenvalue weighted by Gasteiger charge is 2.26. The summed E-state index contributed by atoms with van der Waals surface area (Å²) in [6, 6.07) is 8.64. The van der Waals surface area contributed by atoms with Crippen LogP contribution in [0.4, 0.5) is 11.6 Å². The molecule has 0 fully saturated rings. The number of nitrogens with one attached hydrogen (secondary N) is 2. The Morgan fingerprint density at radius 1 is 1.34 bits per heavy atom. The van der Waals surface area contributed by atoms with Crippen molar-refractivity contribution in [3.8, 4) is 11.5 Å². The van der Waals surface area contributed by atoms with Crippen molar-refractivity contribution >= 4 is 23.5 Å². The van der Waals surface area contributed by atoms with Crippen LogP contribution in [0.5, 0.6) is 11.5 Å². The van der Waals surface area contributed by atoms with Gasteiger partial charge < -0.3 is 29.8 Å². The normalized spacial score (nSPS) is 13.8. The Labute approximate surface area is 184 Å². The lowest BCUT2D eigenvalue weighted by Crippen LogP contribution is -2.39. The van der Waals surface area contributed by atoms with Crippen LogP contribution in [-0.4, -0.2) is 51.6 Å². The van der Waals surface area contributed by atoms with Gasteiger partial charge in [-0.25, -0.2) is 4.98 Å². The molecule has 3 heterocycles. The highest BCUT2D eigenvalue weighted by molar-refractivity contribution is 5.97. The molecule has 2 aromatic heterocycles. The van der Waals surface area contributed by atoms with Gasteiger partial charge in [-0.15, -0.1) is 0 Å². The van der Waals surface area contributed by atoms with Crippen LogP contribution in [0.15, 0.2) is 55.1 Å². The van der Waals surface area contributed by atoms with Crippen molar-refractivity contribution in [1.29, 1.82) is 0 Å². The molecular weight excluding hydrogens is 414 g/mol. The molecule has 0 aliphatic carbocycles.